The Balaban J connectivity index is 1.95. The van der Waals surface area contributed by atoms with Crippen LogP contribution >= 0.6 is 22.6 Å². The van der Waals surface area contributed by atoms with Crippen molar-refractivity contribution in [3.8, 4) is 0 Å². The van der Waals surface area contributed by atoms with Crippen molar-refractivity contribution in [2.45, 2.75) is 31.9 Å². The second-order valence-corrected chi connectivity index (χ2v) is 6.10. The average molecular weight is 370 g/mol. The molecule has 1 atom stereocenters. The summed E-state index contributed by atoms with van der Waals surface area (Å²) in [6.07, 6.45) is 5.11. The van der Waals surface area contributed by atoms with Gasteiger partial charge in [-0.3, -0.25) is 9.36 Å². The molecule has 2 heterocycles. The van der Waals surface area contributed by atoms with E-state index in [2.05, 4.69) is 27.6 Å². The molecule has 5 heteroatoms. The van der Waals surface area contributed by atoms with Crippen LogP contribution in [0.2, 0.25) is 0 Å². The molecule has 4 nitrogen and oxygen atoms in total. The second kappa shape index (κ2) is 5.58. The van der Waals surface area contributed by atoms with Crippen molar-refractivity contribution >= 4 is 33.5 Å². The number of rotatable bonds is 2. The van der Waals surface area contributed by atoms with Crippen molar-refractivity contribution in [2.75, 3.05) is 6.61 Å². The van der Waals surface area contributed by atoms with Crippen molar-refractivity contribution in [2.24, 2.45) is 0 Å². The minimum absolute atomic E-state index is 0.0256. The third-order valence-corrected chi connectivity index (χ3v) is 4.13. The predicted molar refractivity (Wildman–Crippen MR) is 82.3 cm³/mol. The Morgan fingerprint density at radius 1 is 1.42 bits per heavy atom. The van der Waals surface area contributed by atoms with Crippen molar-refractivity contribution < 1.29 is 4.74 Å². The van der Waals surface area contributed by atoms with Crippen LogP contribution in [0.15, 0.2) is 29.3 Å². The van der Waals surface area contributed by atoms with Crippen molar-refractivity contribution in [1.82, 2.24) is 9.55 Å². The lowest BCUT2D eigenvalue weighted by atomic mass is 10.1. The Morgan fingerprint density at radius 3 is 3.11 bits per heavy atom. The van der Waals surface area contributed by atoms with E-state index in [4.69, 9.17) is 4.74 Å². The fourth-order valence-electron chi connectivity index (χ4n) is 2.43. The largest absolute Gasteiger partial charge is 0.376 e. The highest BCUT2D eigenvalue weighted by atomic mass is 127. The molecule has 0 bridgehead atoms. The molecule has 0 radical (unpaired) electrons. The van der Waals surface area contributed by atoms with E-state index in [1.54, 1.807) is 10.9 Å². The summed E-state index contributed by atoms with van der Waals surface area (Å²) in [7, 11) is 0. The van der Waals surface area contributed by atoms with Crippen molar-refractivity contribution in [3.05, 3.63) is 38.5 Å². The SMILES string of the molecule is O=c1c2cc(I)ccc2ncn1CC1CCCCO1. The molecule has 1 saturated heterocycles. The van der Waals surface area contributed by atoms with Gasteiger partial charge < -0.3 is 4.74 Å². The fourth-order valence-corrected chi connectivity index (χ4v) is 2.92. The molecule has 1 aliphatic rings. The van der Waals surface area contributed by atoms with Gasteiger partial charge in [0, 0.05) is 10.2 Å². The second-order valence-electron chi connectivity index (χ2n) is 4.85. The number of aromatic nitrogens is 2. The normalized spacial score (nSPS) is 19.7. The summed E-state index contributed by atoms with van der Waals surface area (Å²) in [5.41, 5.74) is 0.781. The van der Waals surface area contributed by atoms with Crippen LogP contribution in [-0.4, -0.2) is 22.3 Å². The molecule has 1 aliphatic heterocycles. The first-order valence-corrected chi connectivity index (χ1v) is 7.58. The molecule has 19 heavy (non-hydrogen) atoms. The van der Waals surface area contributed by atoms with Crippen LogP contribution in [-0.2, 0) is 11.3 Å². The van der Waals surface area contributed by atoms with Gasteiger partial charge in [-0.1, -0.05) is 0 Å². The molecule has 1 aromatic carbocycles. The van der Waals surface area contributed by atoms with E-state index in [1.165, 1.54) is 6.42 Å². The first kappa shape index (κ1) is 13.1. The first-order valence-electron chi connectivity index (χ1n) is 6.50. The Kier molecular flexibility index (Phi) is 3.83. The monoisotopic (exact) mass is 370 g/mol. The Labute approximate surface area is 124 Å². The third kappa shape index (κ3) is 2.81. The zero-order valence-corrected chi connectivity index (χ0v) is 12.7. The van der Waals surface area contributed by atoms with Gasteiger partial charge in [-0.15, -0.1) is 0 Å². The molecule has 0 spiro atoms. The third-order valence-electron chi connectivity index (χ3n) is 3.46. The van der Waals surface area contributed by atoms with Gasteiger partial charge in [-0.25, -0.2) is 4.98 Å². The van der Waals surface area contributed by atoms with E-state index >= 15 is 0 Å². The first-order chi connectivity index (χ1) is 9.24. The van der Waals surface area contributed by atoms with Crippen LogP contribution in [0.4, 0.5) is 0 Å². The van der Waals surface area contributed by atoms with Gasteiger partial charge in [-0.05, 0) is 60.1 Å². The van der Waals surface area contributed by atoms with E-state index in [1.807, 2.05) is 18.2 Å². The minimum Gasteiger partial charge on any atom is -0.376 e. The highest BCUT2D eigenvalue weighted by molar-refractivity contribution is 14.1. The maximum Gasteiger partial charge on any atom is 0.261 e. The lowest BCUT2D eigenvalue weighted by Gasteiger charge is -2.23. The molecule has 100 valence electrons. The van der Waals surface area contributed by atoms with Crippen LogP contribution < -0.4 is 5.56 Å². The minimum atomic E-state index is 0.0256. The summed E-state index contributed by atoms with van der Waals surface area (Å²) < 4.78 is 8.41. The lowest BCUT2D eigenvalue weighted by molar-refractivity contribution is 0.00535. The predicted octanol–water partition coefficient (Wildman–Crippen LogP) is 2.57. The van der Waals surface area contributed by atoms with Crippen LogP contribution in [0.5, 0.6) is 0 Å². The molecular weight excluding hydrogens is 355 g/mol. The van der Waals surface area contributed by atoms with Crippen LogP contribution in [0.1, 0.15) is 19.3 Å². The average Bonchev–Trinajstić information content (AvgIpc) is 2.44. The summed E-state index contributed by atoms with van der Waals surface area (Å²) in [4.78, 5) is 16.8. The van der Waals surface area contributed by atoms with E-state index in [-0.39, 0.29) is 11.7 Å². The standard InChI is InChI=1S/C14H15IN2O2/c15-10-4-5-13-12(7-10)14(18)17(9-16-13)8-11-3-1-2-6-19-11/h4-5,7,9,11H,1-3,6,8H2. The maximum absolute atomic E-state index is 12.4. The molecule has 1 fully saturated rings. The van der Waals surface area contributed by atoms with Gasteiger partial charge in [0.2, 0.25) is 0 Å². The highest BCUT2D eigenvalue weighted by Gasteiger charge is 2.15. The summed E-state index contributed by atoms with van der Waals surface area (Å²) in [5.74, 6) is 0. The quantitative estimate of drug-likeness (QED) is 0.764. The van der Waals surface area contributed by atoms with Crippen LogP contribution in [0.25, 0.3) is 10.9 Å². The van der Waals surface area contributed by atoms with Gasteiger partial charge in [0.05, 0.1) is 29.9 Å². The Hall–Kier alpha value is -0.950. The number of ether oxygens (including phenoxy) is 1. The summed E-state index contributed by atoms with van der Waals surface area (Å²) >= 11 is 2.21. The number of nitrogens with zero attached hydrogens (tertiary/aromatic N) is 2. The van der Waals surface area contributed by atoms with E-state index in [9.17, 15) is 4.79 Å². The van der Waals surface area contributed by atoms with Gasteiger partial charge in [0.25, 0.3) is 5.56 Å². The van der Waals surface area contributed by atoms with E-state index in [0.29, 0.717) is 11.9 Å². The van der Waals surface area contributed by atoms with Gasteiger partial charge in [-0.2, -0.15) is 0 Å². The molecule has 0 amide bonds. The number of hydrogen-bond acceptors (Lipinski definition) is 3. The molecule has 2 aromatic rings. The zero-order valence-electron chi connectivity index (χ0n) is 10.5. The molecule has 0 N–H and O–H groups in total. The van der Waals surface area contributed by atoms with Gasteiger partial charge in [0.1, 0.15) is 0 Å². The van der Waals surface area contributed by atoms with Crippen molar-refractivity contribution in [1.29, 1.82) is 0 Å². The van der Waals surface area contributed by atoms with Crippen LogP contribution in [0, 0.1) is 3.57 Å². The summed E-state index contributed by atoms with van der Waals surface area (Å²) in [6, 6.07) is 5.74. The number of hydrogen-bond donors (Lipinski definition) is 0. The molecule has 0 aliphatic carbocycles. The Morgan fingerprint density at radius 2 is 2.32 bits per heavy atom. The topological polar surface area (TPSA) is 44.1 Å². The molecule has 1 unspecified atom stereocenters. The smallest absolute Gasteiger partial charge is 0.261 e. The van der Waals surface area contributed by atoms with Crippen LogP contribution in [0.3, 0.4) is 0 Å². The highest BCUT2D eigenvalue weighted by Crippen LogP contribution is 2.15. The van der Waals surface area contributed by atoms with Gasteiger partial charge in [0.15, 0.2) is 0 Å². The van der Waals surface area contributed by atoms with E-state index < -0.39 is 0 Å². The molecule has 3 rings (SSSR count). The number of benzene rings is 1. The Bertz CT molecular complexity index is 647. The zero-order chi connectivity index (χ0) is 13.2. The van der Waals surface area contributed by atoms with E-state index in [0.717, 1.165) is 28.5 Å². The van der Waals surface area contributed by atoms with Gasteiger partial charge >= 0.3 is 0 Å². The maximum atomic E-state index is 12.4. The molecular formula is C14H15IN2O2. The summed E-state index contributed by atoms with van der Waals surface area (Å²) in [6.45, 7) is 1.41. The molecule has 0 saturated carbocycles. The fraction of sp³-hybridized carbons (Fsp3) is 0.429. The molecule has 1 aromatic heterocycles. The number of halogens is 1. The number of fused-ring (bicyclic) bond motifs is 1. The summed E-state index contributed by atoms with van der Waals surface area (Å²) in [5, 5.41) is 0.685. The lowest BCUT2D eigenvalue weighted by Crippen LogP contribution is -2.30. The van der Waals surface area contributed by atoms with Crippen molar-refractivity contribution in [3.63, 3.8) is 0 Å².